The molecule has 1 saturated carbocycles. The van der Waals surface area contributed by atoms with Crippen LogP contribution in [0.1, 0.15) is 44.3 Å². The van der Waals surface area contributed by atoms with Crippen molar-refractivity contribution in [2.45, 2.75) is 51.1 Å². The summed E-state index contributed by atoms with van der Waals surface area (Å²) in [6, 6.07) is 0.753. The van der Waals surface area contributed by atoms with Gasteiger partial charge in [-0.15, -0.1) is 0 Å². The molecule has 7 nitrogen and oxygen atoms in total. The Balaban J connectivity index is 1.43. The highest BCUT2D eigenvalue weighted by Gasteiger charge is 2.29. The molecule has 0 atom stereocenters. The van der Waals surface area contributed by atoms with Crippen LogP contribution in [-0.2, 0) is 11.3 Å². The van der Waals surface area contributed by atoms with Crippen molar-refractivity contribution in [2.24, 2.45) is 5.92 Å². The molecule has 1 saturated heterocycles. The molecule has 7 heteroatoms. The summed E-state index contributed by atoms with van der Waals surface area (Å²) in [5, 5.41) is 8.93. The minimum absolute atomic E-state index is 0.0740. The molecule has 1 aromatic rings. The minimum Gasteiger partial charge on any atom is -0.349 e. The summed E-state index contributed by atoms with van der Waals surface area (Å²) in [4.78, 5) is 28.1. The lowest BCUT2D eigenvalue weighted by atomic mass is 9.94. The predicted molar refractivity (Wildman–Crippen MR) is 77.6 cm³/mol. The fraction of sp³-hybridized carbons (Fsp3) is 0.786. The van der Waals surface area contributed by atoms with Crippen LogP contribution in [0.25, 0.3) is 0 Å². The average molecular weight is 293 g/mol. The van der Waals surface area contributed by atoms with E-state index in [1.54, 1.807) is 0 Å². The number of carbonyl (C=O) groups is 1. The number of aromatic nitrogens is 3. The van der Waals surface area contributed by atoms with Crippen molar-refractivity contribution in [1.29, 1.82) is 0 Å². The van der Waals surface area contributed by atoms with Gasteiger partial charge in [0.05, 0.1) is 6.54 Å². The van der Waals surface area contributed by atoms with Crippen molar-refractivity contribution in [3.63, 3.8) is 0 Å². The monoisotopic (exact) mass is 293 g/mol. The summed E-state index contributed by atoms with van der Waals surface area (Å²) in [7, 11) is 0. The molecule has 1 aliphatic carbocycles. The summed E-state index contributed by atoms with van der Waals surface area (Å²) >= 11 is 0. The van der Waals surface area contributed by atoms with Crippen LogP contribution in [0.4, 0.5) is 0 Å². The van der Waals surface area contributed by atoms with Gasteiger partial charge in [0, 0.05) is 12.0 Å². The Morgan fingerprint density at radius 2 is 1.95 bits per heavy atom. The third-order valence-corrected chi connectivity index (χ3v) is 4.72. The second kappa shape index (κ2) is 6.43. The topological polar surface area (TPSA) is 93.9 Å². The first-order valence-corrected chi connectivity index (χ1v) is 7.87. The van der Waals surface area contributed by atoms with Crippen molar-refractivity contribution in [1.82, 2.24) is 25.4 Å². The molecular formula is C14H23N5O2. The highest BCUT2D eigenvalue weighted by Crippen LogP contribution is 2.27. The van der Waals surface area contributed by atoms with Crippen molar-refractivity contribution in [2.75, 3.05) is 13.1 Å². The van der Waals surface area contributed by atoms with E-state index in [0.717, 1.165) is 32.0 Å². The smallest absolute Gasteiger partial charge is 0.340 e. The fourth-order valence-corrected chi connectivity index (χ4v) is 3.50. The Kier molecular flexibility index (Phi) is 4.38. The van der Waals surface area contributed by atoms with Gasteiger partial charge in [0.25, 0.3) is 0 Å². The van der Waals surface area contributed by atoms with Crippen LogP contribution in [0.3, 0.4) is 0 Å². The Hall–Kier alpha value is -1.63. The maximum absolute atomic E-state index is 12.1. The third-order valence-electron chi connectivity index (χ3n) is 4.72. The quantitative estimate of drug-likeness (QED) is 0.747. The van der Waals surface area contributed by atoms with Gasteiger partial charge < -0.3 is 10.2 Å². The van der Waals surface area contributed by atoms with E-state index in [1.807, 2.05) is 0 Å². The first kappa shape index (κ1) is 14.3. The third kappa shape index (κ3) is 3.53. The zero-order valence-electron chi connectivity index (χ0n) is 12.2. The SMILES string of the molecule is O=C(NCc1n[nH]c(=O)[nH]1)C1CCN(C2CCCC2)CC1. The number of hydrogen-bond donors (Lipinski definition) is 3. The Morgan fingerprint density at radius 1 is 1.24 bits per heavy atom. The lowest BCUT2D eigenvalue weighted by Crippen LogP contribution is -2.44. The van der Waals surface area contributed by atoms with Gasteiger partial charge >= 0.3 is 5.69 Å². The number of H-pyrrole nitrogens is 2. The standard InChI is InChI=1S/C14H23N5O2/c20-13(15-9-12-16-14(21)18-17-12)10-5-7-19(8-6-10)11-3-1-2-4-11/h10-11H,1-9H2,(H,15,20)(H2,16,17,18,21). The molecule has 1 amide bonds. The van der Waals surface area contributed by atoms with Gasteiger partial charge in [-0.25, -0.2) is 9.89 Å². The Bertz CT molecular complexity index is 523. The van der Waals surface area contributed by atoms with E-state index in [2.05, 4.69) is 25.4 Å². The van der Waals surface area contributed by atoms with Crippen LogP contribution in [0.2, 0.25) is 0 Å². The number of likely N-dealkylation sites (tertiary alicyclic amines) is 1. The molecule has 116 valence electrons. The molecule has 0 radical (unpaired) electrons. The van der Waals surface area contributed by atoms with Gasteiger partial charge in [-0.3, -0.25) is 9.78 Å². The van der Waals surface area contributed by atoms with Crippen molar-refractivity contribution >= 4 is 5.91 Å². The number of hydrogen-bond acceptors (Lipinski definition) is 4. The summed E-state index contributed by atoms with van der Waals surface area (Å²) in [5.41, 5.74) is -0.343. The Labute approximate surface area is 123 Å². The number of carbonyl (C=O) groups excluding carboxylic acids is 1. The largest absolute Gasteiger partial charge is 0.349 e. The number of aromatic amines is 2. The van der Waals surface area contributed by atoms with Gasteiger partial charge in [-0.05, 0) is 38.8 Å². The van der Waals surface area contributed by atoms with Crippen LogP contribution in [-0.4, -0.2) is 45.1 Å². The molecule has 21 heavy (non-hydrogen) atoms. The second-order valence-corrected chi connectivity index (χ2v) is 6.09. The highest BCUT2D eigenvalue weighted by molar-refractivity contribution is 5.78. The summed E-state index contributed by atoms with van der Waals surface area (Å²) in [6.45, 7) is 2.34. The van der Waals surface area contributed by atoms with E-state index in [4.69, 9.17) is 0 Å². The number of nitrogens with zero attached hydrogens (tertiary/aromatic N) is 2. The van der Waals surface area contributed by atoms with Crippen LogP contribution >= 0.6 is 0 Å². The highest BCUT2D eigenvalue weighted by atomic mass is 16.2. The Morgan fingerprint density at radius 3 is 2.57 bits per heavy atom. The van der Waals surface area contributed by atoms with Crippen molar-refractivity contribution < 1.29 is 4.79 Å². The number of rotatable bonds is 4. The minimum atomic E-state index is -0.343. The van der Waals surface area contributed by atoms with E-state index in [0.29, 0.717) is 5.82 Å². The zero-order valence-corrected chi connectivity index (χ0v) is 12.2. The maximum Gasteiger partial charge on any atom is 0.340 e. The fourth-order valence-electron chi connectivity index (χ4n) is 3.50. The van der Waals surface area contributed by atoms with E-state index >= 15 is 0 Å². The van der Waals surface area contributed by atoms with Gasteiger partial charge in [-0.1, -0.05) is 12.8 Å². The molecule has 3 rings (SSSR count). The lowest BCUT2D eigenvalue weighted by Gasteiger charge is -2.35. The normalized spacial score (nSPS) is 21.7. The number of nitrogens with one attached hydrogen (secondary N) is 3. The first-order chi connectivity index (χ1) is 10.2. The molecule has 2 heterocycles. The van der Waals surface area contributed by atoms with Gasteiger partial charge in [0.1, 0.15) is 5.82 Å². The molecule has 1 aliphatic heterocycles. The molecule has 2 aliphatic rings. The maximum atomic E-state index is 12.1. The summed E-state index contributed by atoms with van der Waals surface area (Å²) in [6.07, 6.45) is 7.21. The average Bonchev–Trinajstić information content (AvgIpc) is 3.16. The van der Waals surface area contributed by atoms with Gasteiger partial charge in [-0.2, -0.15) is 5.10 Å². The van der Waals surface area contributed by atoms with Crippen LogP contribution in [0.15, 0.2) is 4.79 Å². The molecule has 0 aromatic carbocycles. The molecular weight excluding hydrogens is 270 g/mol. The predicted octanol–water partition coefficient (Wildman–Crippen LogP) is 0.369. The number of piperidine rings is 1. The van der Waals surface area contributed by atoms with E-state index in [-0.39, 0.29) is 24.1 Å². The second-order valence-electron chi connectivity index (χ2n) is 6.09. The van der Waals surface area contributed by atoms with Crippen LogP contribution in [0.5, 0.6) is 0 Å². The molecule has 2 fully saturated rings. The van der Waals surface area contributed by atoms with Gasteiger partial charge in [0.15, 0.2) is 0 Å². The summed E-state index contributed by atoms with van der Waals surface area (Å²) < 4.78 is 0. The molecule has 0 bridgehead atoms. The van der Waals surface area contributed by atoms with Crippen molar-refractivity contribution in [3.05, 3.63) is 16.3 Å². The molecule has 0 unspecified atom stereocenters. The van der Waals surface area contributed by atoms with E-state index in [1.165, 1.54) is 25.7 Å². The zero-order chi connectivity index (χ0) is 14.7. The molecule has 1 aromatic heterocycles. The van der Waals surface area contributed by atoms with E-state index in [9.17, 15) is 9.59 Å². The summed E-state index contributed by atoms with van der Waals surface area (Å²) in [5.74, 6) is 0.634. The first-order valence-electron chi connectivity index (χ1n) is 7.87. The van der Waals surface area contributed by atoms with Crippen molar-refractivity contribution in [3.8, 4) is 0 Å². The van der Waals surface area contributed by atoms with E-state index < -0.39 is 0 Å². The van der Waals surface area contributed by atoms with Gasteiger partial charge in [0.2, 0.25) is 5.91 Å². The van der Waals surface area contributed by atoms with Crippen LogP contribution in [0, 0.1) is 5.92 Å². The van der Waals surface area contributed by atoms with Crippen LogP contribution < -0.4 is 11.0 Å². The molecule has 3 N–H and O–H groups in total. The number of amides is 1. The molecule has 0 spiro atoms. The lowest BCUT2D eigenvalue weighted by molar-refractivity contribution is -0.126.